The van der Waals surface area contributed by atoms with Gasteiger partial charge in [-0.1, -0.05) is 29.8 Å². The first-order chi connectivity index (χ1) is 13.3. The monoisotopic (exact) mass is 423 g/mol. The molecule has 4 N–H and O–H groups in total. The Morgan fingerprint density at radius 2 is 1.86 bits per heavy atom. The van der Waals surface area contributed by atoms with Crippen molar-refractivity contribution in [2.24, 2.45) is 5.14 Å². The van der Waals surface area contributed by atoms with E-state index in [0.717, 1.165) is 36.9 Å². The molecular formula is C19H24ClN4O3S+. The van der Waals surface area contributed by atoms with Crippen molar-refractivity contribution in [3.63, 3.8) is 0 Å². The van der Waals surface area contributed by atoms with Gasteiger partial charge in [-0.05, 0) is 37.3 Å². The Balaban J connectivity index is 1.60. The summed E-state index contributed by atoms with van der Waals surface area (Å²) >= 11 is 6.28. The maximum Gasteiger partial charge on any atom is 0.282 e. The molecule has 9 heteroatoms. The van der Waals surface area contributed by atoms with E-state index in [1.807, 2.05) is 31.2 Å². The molecule has 1 atom stereocenters. The standard InChI is InChI=1S/C19H23ClN4O3S/c1-14(19(25)22-15-5-4-6-16(13-15)28(21,26)27)23-9-11-24(12-10-23)18-8-3-2-7-17(18)20/h2-8,13-14H,9-12H2,1H3,(H,22,25)(H2,21,26,27)/p+1/t14-/m1/s1. The van der Waals surface area contributed by atoms with Crippen molar-refractivity contribution in [3.05, 3.63) is 53.6 Å². The van der Waals surface area contributed by atoms with E-state index in [-0.39, 0.29) is 16.8 Å². The molecule has 0 saturated carbocycles. The van der Waals surface area contributed by atoms with Crippen LogP contribution in [0.25, 0.3) is 0 Å². The zero-order valence-electron chi connectivity index (χ0n) is 15.6. The maximum atomic E-state index is 12.6. The first kappa shape index (κ1) is 20.6. The van der Waals surface area contributed by atoms with E-state index >= 15 is 0 Å². The van der Waals surface area contributed by atoms with Gasteiger partial charge in [0.15, 0.2) is 6.04 Å². The highest BCUT2D eigenvalue weighted by atomic mass is 35.5. The highest BCUT2D eigenvalue weighted by Crippen LogP contribution is 2.24. The number of nitrogens with zero attached hydrogens (tertiary/aromatic N) is 1. The summed E-state index contributed by atoms with van der Waals surface area (Å²) in [5, 5.41) is 8.66. The van der Waals surface area contributed by atoms with E-state index in [1.54, 1.807) is 12.1 Å². The fraction of sp³-hybridized carbons (Fsp3) is 0.316. The number of rotatable bonds is 5. The molecule has 0 aliphatic carbocycles. The third-order valence-electron chi connectivity index (χ3n) is 5.03. The summed E-state index contributed by atoms with van der Waals surface area (Å²) in [6.07, 6.45) is 0. The van der Waals surface area contributed by atoms with Crippen molar-refractivity contribution in [2.45, 2.75) is 17.9 Å². The molecule has 0 radical (unpaired) electrons. The quantitative estimate of drug-likeness (QED) is 0.660. The van der Waals surface area contributed by atoms with Gasteiger partial charge in [-0.3, -0.25) is 4.79 Å². The molecule has 2 aromatic rings. The van der Waals surface area contributed by atoms with Gasteiger partial charge in [-0.15, -0.1) is 0 Å². The molecule has 28 heavy (non-hydrogen) atoms. The van der Waals surface area contributed by atoms with Gasteiger partial charge in [0, 0.05) is 5.69 Å². The Morgan fingerprint density at radius 1 is 1.18 bits per heavy atom. The van der Waals surface area contributed by atoms with E-state index < -0.39 is 10.0 Å². The Hall–Kier alpha value is -2.13. The summed E-state index contributed by atoms with van der Waals surface area (Å²) in [6, 6.07) is 13.4. The molecule has 1 saturated heterocycles. The summed E-state index contributed by atoms with van der Waals surface area (Å²) in [4.78, 5) is 16.0. The third kappa shape index (κ3) is 4.82. The highest BCUT2D eigenvalue weighted by Gasteiger charge is 2.29. The molecular weight excluding hydrogens is 400 g/mol. The van der Waals surface area contributed by atoms with Crippen LogP contribution in [0.1, 0.15) is 6.92 Å². The topological polar surface area (TPSA) is 96.9 Å². The molecule has 7 nitrogen and oxygen atoms in total. The number of primary sulfonamides is 1. The van der Waals surface area contributed by atoms with Gasteiger partial charge in [-0.25, -0.2) is 13.6 Å². The number of anilines is 2. The summed E-state index contributed by atoms with van der Waals surface area (Å²) in [7, 11) is -3.81. The van der Waals surface area contributed by atoms with Crippen LogP contribution in [0.15, 0.2) is 53.4 Å². The number of amides is 1. The zero-order valence-corrected chi connectivity index (χ0v) is 17.1. The minimum Gasteiger partial charge on any atom is -0.359 e. The number of carbonyl (C=O) groups excluding carboxylic acids is 1. The first-order valence-electron chi connectivity index (χ1n) is 9.03. The predicted octanol–water partition coefficient (Wildman–Crippen LogP) is 0.720. The molecule has 2 aromatic carbocycles. The van der Waals surface area contributed by atoms with Crippen LogP contribution in [0.5, 0.6) is 0 Å². The predicted molar refractivity (Wildman–Crippen MR) is 110 cm³/mol. The summed E-state index contributed by atoms with van der Waals surface area (Å²) in [6.45, 7) is 5.09. The number of sulfonamides is 1. The first-order valence-corrected chi connectivity index (χ1v) is 11.0. The van der Waals surface area contributed by atoms with Crippen molar-refractivity contribution in [1.29, 1.82) is 0 Å². The second-order valence-electron chi connectivity index (χ2n) is 6.88. The lowest BCUT2D eigenvalue weighted by Crippen LogP contribution is -3.19. The number of hydrogen-bond donors (Lipinski definition) is 3. The highest BCUT2D eigenvalue weighted by molar-refractivity contribution is 7.89. The van der Waals surface area contributed by atoms with Crippen LogP contribution in [-0.4, -0.2) is 46.5 Å². The van der Waals surface area contributed by atoms with Gasteiger partial charge in [0.05, 0.1) is 41.8 Å². The van der Waals surface area contributed by atoms with E-state index in [9.17, 15) is 13.2 Å². The van der Waals surface area contributed by atoms with Crippen molar-refractivity contribution in [3.8, 4) is 0 Å². The molecule has 150 valence electrons. The van der Waals surface area contributed by atoms with E-state index in [0.29, 0.717) is 5.69 Å². The smallest absolute Gasteiger partial charge is 0.282 e. The number of quaternary nitrogens is 1. The Kier molecular flexibility index (Phi) is 6.24. The van der Waals surface area contributed by atoms with Gasteiger partial charge < -0.3 is 15.1 Å². The molecule has 1 heterocycles. The van der Waals surface area contributed by atoms with Gasteiger partial charge in [0.2, 0.25) is 10.0 Å². The average molecular weight is 424 g/mol. The molecule has 1 fully saturated rings. The molecule has 0 unspecified atom stereocenters. The minimum atomic E-state index is -3.81. The van der Waals surface area contributed by atoms with Crippen LogP contribution in [-0.2, 0) is 14.8 Å². The average Bonchev–Trinajstić information content (AvgIpc) is 2.67. The van der Waals surface area contributed by atoms with Crippen molar-refractivity contribution >= 4 is 38.9 Å². The largest absolute Gasteiger partial charge is 0.359 e. The van der Waals surface area contributed by atoms with Gasteiger partial charge in [0.25, 0.3) is 5.91 Å². The number of piperazine rings is 1. The Labute approximate surface area is 170 Å². The van der Waals surface area contributed by atoms with Gasteiger partial charge in [0.1, 0.15) is 0 Å². The number of halogens is 1. The van der Waals surface area contributed by atoms with Crippen LogP contribution in [0.3, 0.4) is 0 Å². The minimum absolute atomic E-state index is 0.0290. The summed E-state index contributed by atoms with van der Waals surface area (Å²) in [5.41, 5.74) is 1.43. The fourth-order valence-corrected chi connectivity index (χ4v) is 4.18. The van der Waals surface area contributed by atoms with Gasteiger partial charge >= 0.3 is 0 Å². The number of nitrogens with two attached hydrogens (primary N) is 1. The van der Waals surface area contributed by atoms with Crippen molar-refractivity contribution < 1.29 is 18.1 Å². The number of para-hydroxylation sites is 1. The van der Waals surface area contributed by atoms with Gasteiger partial charge in [-0.2, -0.15) is 0 Å². The number of benzene rings is 2. The van der Waals surface area contributed by atoms with Crippen LogP contribution in [0.2, 0.25) is 5.02 Å². The van der Waals surface area contributed by atoms with Crippen molar-refractivity contribution in [2.75, 3.05) is 36.4 Å². The normalized spacial score (nSPS) is 16.6. The summed E-state index contributed by atoms with van der Waals surface area (Å²) < 4.78 is 22.9. The van der Waals surface area contributed by atoms with Crippen molar-refractivity contribution in [1.82, 2.24) is 0 Å². The molecule has 1 aliphatic heterocycles. The number of hydrogen-bond acceptors (Lipinski definition) is 4. The van der Waals surface area contributed by atoms with E-state index in [1.165, 1.54) is 17.0 Å². The lowest BCUT2D eigenvalue weighted by atomic mass is 10.2. The van der Waals surface area contributed by atoms with Crippen LogP contribution in [0.4, 0.5) is 11.4 Å². The molecule has 1 amide bonds. The van der Waals surface area contributed by atoms with Crippen LogP contribution < -0.4 is 20.3 Å². The molecule has 0 spiro atoms. The second kappa shape index (κ2) is 8.48. The van der Waals surface area contributed by atoms with Crippen LogP contribution >= 0.6 is 11.6 Å². The lowest BCUT2D eigenvalue weighted by Gasteiger charge is -2.36. The number of nitrogens with one attached hydrogen (secondary N) is 2. The zero-order chi connectivity index (χ0) is 20.3. The van der Waals surface area contributed by atoms with Crippen LogP contribution in [0, 0.1) is 0 Å². The molecule has 1 aliphatic rings. The Morgan fingerprint density at radius 3 is 2.50 bits per heavy atom. The molecule has 0 aromatic heterocycles. The van der Waals surface area contributed by atoms with E-state index in [4.69, 9.17) is 16.7 Å². The Bertz CT molecular complexity index is 959. The van der Waals surface area contributed by atoms with E-state index in [2.05, 4.69) is 10.2 Å². The fourth-order valence-electron chi connectivity index (χ4n) is 3.36. The molecule has 0 bridgehead atoms. The summed E-state index contributed by atoms with van der Waals surface area (Å²) in [5.74, 6) is -0.159. The number of carbonyl (C=O) groups is 1. The third-order valence-corrected chi connectivity index (χ3v) is 6.27. The lowest BCUT2D eigenvalue weighted by molar-refractivity contribution is -0.914. The SMILES string of the molecule is C[C@H](C(=O)Nc1cccc(S(N)(=O)=O)c1)[NH+]1CCN(c2ccccc2Cl)CC1. The second-order valence-corrected chi connectivity index (χ2v) is 8.85. The molecule has 3 rings (SSSR count). The maximum absolute atomic E-state index is 12.6.